The van der Waals surface area contributed by atoms with Gasteiger partial charge in [-0.15, -0.1) is 0 Å². The fraction of sp³-hybridized carbons (Fsp3) is 1.00. The fourth-order valence-corrected chi connectivity index (χ4v) is 2.32. The van der Waals surface area contributed by atoms with Gasteiger partial charge in [0, 0.05) is 19.7 Å². The summed E-state index contributed by atoms with van der Waals surface area (Å²) >= 11 is 0. The Morgan fingerprint density at radius 3 is 3.00 bits per heavy atom. The summed E-state index contributed by atoms with van der Waals surface area (Å²) < 4.78 is 5.19. The molecule has 2 atom stereocenters. The Hall–Kier alpha value is -0.120. The second-order valence-corrected chi connectivity index (χ2v) is 4.38. The van der Waals surface area contributed by atoms with Crippen LogP contribution in [0.2, 0.25) is 0 Å². The molecule has 0 aromatic heterocycles. The molecule has 0 aliphatic carbocycles. The molecule has 84 valence electrons. The molecule has 0 spiro atoms. The van der Waals surface area contributed by atoms with E-state index in [9.17, 15) is 0 Å². The zero-order valence-corrected chi connectivity index (χ0v) is 9.54. The van der Waals surface area contributed by atoms with Gasteiger partial charge in [-0.05, 0) is 45.2 Å². The highest BCUT2D eigenvalue weighted by Gasteiger charge is 2.22. The average Bonchev–Trinajstić information content (AvgIpc) is 2.19. The van der Waals surface area contributed by atoms with Gasteiger partial charge < -0.3 is 10.5 Å². The monoisotopic (exact) mass is 200 g/mol. The molecule has 3 nitrogen and oxygen atoms in total. The van der Waals surface area contributed by atoms with E-state index in [0.29, 0.717) is 6.04 Å². The molecule has 1 heterocycles. The van der Waals surface area contributed by atoms with E-state index in [2.05, 4.69) is 11.8 Å². The number of likely N-dealkylation sites (tertiary alicyclic amines) is 1. The zero-order chi connectivity index (χ0) is 10.4. The van der Waals surface area contributed by atoms with Gasteiger partial charge in [-0.25, -0.2) is 0 Å². The largest absolute Gasteiger partial charge is 0.383 e. The number of methoxy groups -OCH3 is 1. The van der Waals surface area contributed by atoms with E-state index < -0.39 is 0 Å². The van der Waals surface area contributed by atoms with Crippen molar-refractivity contribution in [1.82, 2.24) is 4.90 Å². The van der Waals surface area contributed by atoms with Crippen molar-refractivity contribution in [3.8, 4) is 0 Å². The summed E-state index contributed by atoms with van der Waals surface area (Å²) in [4.78, 5) is 2.54. The van der Waals surface area contributed by atoms with Gasteiger partial charge in [0.15, 0.2) is 0 Å². The highest BCUT2D eigenvalue weighted by Crippen LogP contribution is 2.20. The Morgan fingerprint density at radius 1 is 1.57 bits per heavy atom. The summed E-state index contributed by atoms with van der Waals surface area (Å²) in [7, 11) is 1.78. The van der Waals surface area contributed by atoms with Crippen molar-refractivity contribution in [2.45, 2.75) is 32.2 Å². The minimum atomic E-state index is 0.556. The van der Waals surface area contributed by atoms with Crippen molar-refractivity contribution in [2.75, 3.05) is 33.4 Å². The summed E-state index contributed by atoms with van der Waals surface area (Å²) in [6.07, 6.45) is 3.85. The SMILES string of the molecule is COCC(C)N1CCCC(CCN)C1. The number of ether oxygens (including phenoxy) is 1. The van der Waals surface area contributed by atoms with E-state index in [1.54, 1.807) is 7.11 Å². The first-order valence-electron chi connectivity index (χ1n) is 5.71. The predicted octanol–water partition coefficient (Wildman–Crippen LogP) is 1.08. The Balaban J connectivity index is 2.31. The van der Waals surface area contributed by atoms with E-state index in [0.717, 1.165) is 19.1 Å². The van der Waals surface area contributed by atoms with Gasteiger partial charge in [0.25, 0.3) is 0 Å². The van der Waals surface area contributed by atoms with Crippen molar-refractivity contribution >= 4 is 0 Å². The van der Waals surface area contributed by atoms with Crippen molar-refractivity contribution in [2.24, 2.45) is 11.7 Å². The molecule has 0 saturated carbocycles. The maximum atomic E-state index is 5.60. The third kappa shape index (κ3) is 3.56. The maximum Gasteiger partial charge on any atom is 0.0615 e. The second kappa shape index (κ2) is 6.38. The van der Waals surface area contributed by atoms with E-state index in [-0.39, 0.29) is 0 Å². The summed E-state index contributed by atoms with van der Waals surface area (Å²) in [5, 5.41) is 0. The first-order chi connectivity index (χ1) is 6.77. The van der Waals surface area contributed by atoms with Crippen LogP contribution in [0.1, 0.15) is 26.2 Å². The smallest absolute Gasteiger partial charge is 0.0615 e. The van der Waals surface area contributed by atoms with Gasteiger partial charge in [-0.2, -0.15) is 0 Å². The molecule has 0 bridgehead atoms. The molecule has 2 N–H and O–H groups in total. The minimum absolute atomic E-state index is 0.556. The standard InChI is InChI=1S/C11H24N2O/c1-10(9-14-2)13-7-3-4-11(8-13)5-6-12/h10-11H,3-9,12H2,1-2H3. The van der Waals surface area contributed by atoms with Gasteiger partial charge in [-0.3, -0.25) is 4.90 Å². The Labute approximate surface area is 87.6 Å². The normalized spacial score (nSPS) is 26.4. The quantitative estimate of drug-likeness (QED) is 0.722. The van der Waals surface area contributed by atoms with E-state index >= 15 is 0 Å². The first-order valence-corrected chi connectivity index (χ1v) is 5.71. The molecular formula is C11H24N2O. The van der Waals surface area contributed by atoms with Gasteiger partial charge in [0.05, 0.1) is 6.61 Å². The van der Waals surface area contributed by atoms with Gasteiger partial charge in [0.1, 0.15) is 0 Å². The zero-order valence-electron chi connectivity index (χ0n) is 9.54. The lowest BCUT2D eigenvalue weighted by Crippen LogP contribution is -2.43. The summed E-state index contributed by atoms with van der Waals surface area (Å²) in [6.45, 7) is 6.36. The highest BCUT2D eigenvalue weighted by atomic mass is 16.5. The molecule has 0 amide bonds. The molecule has 0 aromatic rings. The van der Waals surface area contributed by atoms with E-state index in [1.807, 2.05) is 0 Å². The van der Waals surface area contributed by atoms with Crippen LogP contribution in [0.25, 0.3) is 0 Å². The van der Waals surface area contributed by atoms with E-state index in [4.69, 9.17) is 10.5 Å². The summed E-state index contributed by atoms with van der Waals surface area (Å²) in [6, 6.07) is 0.556. The molecule has 1 rings (SSSR count). The van der Waals surface area contributed by atoms with Crippen LogP contribution in [0.4, 0.5) is 0 Å². The lowest BCUT2D eigenvalue weighted by Gasteiger charge is -2.36. The number of hydrogen-bond acceptors (Lipinski definition) is 3. The maximum absolute atomic E-state index is 5.60. The Morgan fingerprint density at radius 2 is 2.36 bits per heavy atom. The minimum Gasteiger partial charge on any atom is -0.383 e. The fourth-order valence-electron chi connectivity index (χ4n) is 2.32. The van der Waals surface area contributed by atoms with Crippen LogP contribution in [0.5, 0.6) is 0 Å². The first kappa shape index (κ1) is 12.0. The average molecular weight is 200 g/mol. The van der Waals surface area contributed by atoms with Crippen LogP contribution >= 0.6 is 0 Å². The third-order valence-electron chi connectivity index (χ3n) is 3.16. The molecule has 1 aliphatic heterocycles. The molecule has 14 heavy (non-hydrogen) atoms. The van der Waals surface area contributed by atoms with Crippen LogP contribution in [0.15, 0.2) is 0 Å². The van der Waals surface area contributed by atoms with Crippen LogP contribution in [0.3, 0.4) is 0 Å². The third-order valence-corrected chi connectivity index (χ3v) is 3.16. The molecule has 0 aromatic carbocycles. The number of piperidine rings is 1. The molecule has 1 fully saturated rings. The number of rotatable bonds is 5. The lowest BCUT2D eigenvalue weighted by molar-refractivity contribution is 0.0669. The molecule has 3 heteroatoms. The lowest BCUT2D eigenvalue weighted by atomic mass is 9.94. The molecule has 2 unspecified atom stereocenters. The Kier molecular flexibility index (Phi) is 5.45. The highest BCUT2D eigenvalue weighted by molar-refractivity contribution is 4.77. The molecule has 1 saturated heterocycles. The van der Waals surface area contributed by atoms with Gasteiger partial charge in [0.2, 0.25) is 0 Å². The van der Waals surface area contributed by atoms with Crippen LogP contribution in [0, 0.1) is 5.92 Å². The van der Waals surface area contributed by atoms with Crippen LogP contribution < -0.4 is 5.73 Å². The van der Waals surface area contributed by atoms with Crippen LogP contribution in [-0.2, 0) is 4.74 Å². The van der Waals surface area contributed by atoms with Gasteiger partial charge >= 0.3 is 0 Å². The number of nitrogens with zero attached hydrogens (tertiary/aromatic N) is 1. The number of nitrogens with two attached hydrogens (primary N) is 1. The topological polar surface area (TPSA) is 38.5 Å². The van der Waals surface area contributed by atoms with Crippen LogP contribution in [-0.4, -0.2) is 44.3 Å². The van der Waals surface area contributed by atoms with Gasteiger partial charge in [-0.1, -0.05) is 0 Å². The molecule has 1 aliphatic rings. The number of hydrogen-bond donors (Lipinski definition) is 1. The van der Waals surface area contributed by atoms with Crippen molar-refractivity contribution in [3.05, 3.63) is 0 Å². The predicted molar refractivity (Wildman–Crippen MR) is 59.3 cm³/mol. The van der Waals surface area contributed by atoms with E-state index in [1.165, 1.54) is 32.4 Å². The molecule has 0 radical (unpaired) electrons. The summed E-state index contributed by atoms with van der Waals surface area (Å²) in [5.41, 5.74) is 5.60. The summed E-state index contributed by atoms with van der Waals surface area (Å²) in [5.74, 6) is 0.813. The van der Waals surface area contributed by atoms with Crippen molar-refractivity contribution in [1.29, 1.82) is 0 Å². The Bertz CT molecular complexity index is 146. The van der Waals surface area contributed by atoms with Crippen molar-refractivity contribution in [3.63, 3.8) is 0 Å². The van der Waals surface area contributed by atoms with Crippen molar-refractivity contribution < 1.29 is 4.74 Å². The molecular weight excluding hydrogens is 176 g/mol. The second-order valence-electron chi connectivity index (χ2n) is 4.38.